The lowest BCUT2D eigenvalue weighted by atomic mass is 10.1. The van der Waals surface area contributed by atoms with Crippen LogP contribution in [0.2, 0.25) is 0 Å². The molecule has 7 nitrogen and oxygen atoms in total. The van der Waals surface area contributed by atoms with E-state index in [0.717, 1.165) is 10.4 Å². The third-order valence-corrected chi connectivity index (χ3v) is 5.11. The van der Waals surface area contributed by atoms with Gasteiger partial charge in [-0.05, 0) is 29.1 Å². The van der Waals surface area contributed by atoms with Gasteiger partial charge in [-0.2, -0.15) is 0 Å². The number of halogens is 1. The summed E-state index contributed by atoms with van der Waals surface area (Å²) in [4.78, 5) is 26.6. The van der Waals surface area contributed by atoms with E-state index in [4.69, 9.17) is 10.5 Å². The Morgan fingerprint density at radius 3 is 2.53 bits per heavy atom. The molecule has 158 valence electrons. The second-order valence-corrected chi connectivity index (χ2v) is 7.34. The molecule has 0 saturated heterocycles. The summed E-state index contributed by atoms with van der Waals surface area (Å²) in [6, 6.07) is 17.5. The van der Waals surface area contributed by atoms with Gasteiger partial charge in [0.15, 0.2) is 5.75 Å². The average Bonchev–Trinajstić information content (AvgIpc) is 3.25. The van der Waals surface area contributed by atoms with Crippen molar-refractivity contribution >= 4 is 35.3 Å². The molecule has 0 aliphatic rings. The number of ether oxygens (including phenoxy) is 1. The lowest BCUT2D eigenvalue weighted by Crippen LogP contribution is -2.34. The van der Waals surface area contributed by atoms with Gasteiger partial charge in [-0.15, -0.1) is 23.7 Å². The zero-order valence-corrected chi connectivity index (χ0v) is 17.7. The SMILES string of the molecule is Cl.NCCN(Cc1cccs1)C(=O)c1ccc(OCc2ccccc2)c([N+](=O)[O-])c1. The summed E-state index contributed by atoms with van der Waals surface area (Å²) in [7, 11) is 0. The first-order valence-corrected chi connectivity index (χ1v) is 9.93. The summed E-state index contributed by atoms with van der Waals surface area (Å²) in [6.07, 6.45) is 0. The normalized spacial score (nSPS) is 10.2. The molecule has 0 bridgehead atoms. The van der Waals surface area contributed by atoms with E-state index in [1.54, 1.807) is 22.3 Å². The maximum Gasteiger partial charge on any atom is 0.311 e. The molecule has 2 aromatic carbocycles. The van der Waals surface area contributed by atoms with E-state index in [-0.39, 0.29) is 41.9 Å². The third kappa shape index (κ3) is 6.03. The van der Waals surface area contributed by atoms with Gasteiger partial charge in [-0.25, -0.2) is 0 Å². The monoisotopic (exact) mass is 447 g/mol. The first-order chi connectivity index (χ1) is 14.1. The van der Waals surface area contributed by atoms with E-state index in [1.165, 1.54) is 12.1 Å². The van der Waals surface area contributed by atoms with Crippen LogP contribution in [0.15, 0.2) is 66.0 Å². The quantitative estimate of drug-likeness (QED) is 0.390. The molecule has 1 aromatic heterocycles. The number of hydrogen-bond acceptors (Lipinski definition) is 6. The van der Waals surface area contributed by atoms with Crippen LogP contribution < -0.4 is 10.5 Å². The van der Waals surface area contributed by atoms with E-state index < -0.39 is 4.92 Å². The summed E-state index contributed by atoms with van der Waals surface area (Å²) >= 11 is 1.54. The number of thiophene rings is 1. The van der Waals surface area contributed by atoms with Crippen LogP contribution in [0.4, 0.5) is 5.69 Å². The van der Waals surface area contributed by atoms with Crippen LogP contribution in [-0.4, -0.2) is 28.8 Å². The Balaban J connectivity index is 0.00000320. The Labute approximate surface area is 184 Å². The van der Waals surface area contributed by atoms with E-state index in [9.17, 15) is 14.9 Å². The van der Waals surface area contributed by atoms with Gasteiger partial charge >= 0.3 is 5.69 Å². The Kier molecular flexibility index (Phi) is 8.79. The highest BCUT2D eigenvalue weighted by atomic mass is 35.5. The van der Waals surface area contributed by atoms with Crippen molar-refractivity contribution in [3.63, 3.8) is 0 Å². The smallest absolute Gasteiger partial charge is 0.311 e. The first-order valence-electron chi connectivity index (χ1n) is 9.05. The summed E-state index contributed by atoms with van der Waals surface area (Å²) in [5, 5.41) is 13.5. The number of hydrogen-bond donors (Lipinski definition) is 1. The molecule has 0 spiro atoms. The maximum atomic E-state index is 12.9. The average molecular weight is 448 g/mol. The van der Waals surface area contributed by atoms with Gasteiger partial charge in [0.05, 0.1) is 11.5 Å². The molecule has 0 unspecified atom stereocenters. The van der Waals surface area contributed by atoms with Crippen molar-refractivity contribution in [2.75, 3.05) is 13.1 Å². The number of carbonyl (C=O) groups is 1. The number of nitrogens with zero attached hydrogens (tertiary/aromatic N) is 2. The molecule has 0 fully saturated rings. The van der Waals surface area contributed by atoms with Crippen molar-refractivity contribution in [2.24, 2.45) is 5.73 Å². The van der Waals surface area contributed by atoms with Crippen molar-refractivity contribution in [3.8, 4) is 5.75 Å². The number of amides is 1. The molecule has 0 atom stereocenters. The Hall–Kier alpha value is -2.94. The van der Waals surface area contributed by atoms with Gasteiger partial charge in [0.2, 0.25) is 0 Å². The summed E-state index contributed by atoms with van der Waals surface area (Å²) in [6.45, 7) is 1.27. The van der Waals surface area contributed by atoms with Crippen molar-refractivity contribution < 1.29 is 14.5 Å². The van der Waals surface area contributed by atoms with Crippen LogP contribution in [0.5, 0.6) is 5.75 Å². The molecule has 0 aliphatic carbocycles. The molecule has 1 amide bonds. The fourth-order valence-corrected chi connectivity index (χ4v) is 3.55. The predicted molar refractivity (Wildman–Crippen MR) is 119 cm³/mol. The molecule has 0 radical (unpaired) electrons. The standard InChI is InChI=1S/C21H21N3O4S.ClH/c22-10-11-23(14-18-7-4-12-29-18)21(25)17-8-9-20(19(13-17)24(26)27)28-15-16-5-2-1-3-6-16;/h1-9,12-13H,10-11,14-15,22H2;1H. The van der Waals surface area contributed by atoms with E-state index in [0.29, 0.717) is 19.6 Å². The Bertz CT molecular complexity index is 968. The number of nitro benzene ring substituents is 1. The molecule has 30 heavy (non-hydrogen) atoms. The van der Waals surface area contributed by atoms with Crippen LogP contribution in [0.25, 0.3) is 0 Å². The third-order valence-electron chi connectivity index (χ3n) is 4.25. The van der Waals surface area contributed by atoms with Crippen LogP contribution in [0, 0.1) is 10.1 Å². The Morgan fingerprint density at radius 1 is 1.13 bits per heavy atom. The highest BCUT2D eigenvalue weighted by Crippen LogP contribution is 2.29. The van der Waals surface area contributed by atoms with E-state index in [1.807, 2.05) is 47.8 Å². The lowest BCUT2D eigenvalue weighted by molar-refractivity contribution is -0.386. The zero-order valence-electron chi connectivity index (χ0n) is 16.1. The number of rotatable bonds is 9. The summed E-state index contributed by atoms with van der Waals surface area (Å²) in [5.74, 6) is -0.180. The lowest BCUT2D eigenvalue weighted by Gasteiger charge is -2.21. The number of benzene rings is 2. The molecule has 3 rings (SSSR count). The van der Waals surface area contributed by atoms with Gasteiger partial charge in [0, 0.05) is 29.6 Å². The molecule has 0 saturated carbocycles. The van der Waals surface area contributed by atoms with Crippen molar-refractivity contribution in [1.82, 2.24) is 4.90 Å². The number of nitro groups is 1. The van der Waals surface area contributed by atoms with Crippen molar-refractivity contribution in [3.05, 3.63) is 92.2 Å². The fraction of sp³-hybridized carbons (Fsp3) is 0.190. The van der Waals surface area contributed by atoms with Crippen molar-refractivity contribution in [2.45, 2.75) is 13.2 Å². The number of carbonyl (C=O) groups excluding carboxylic acids is 1. The second-order valence-electron chi connectivity index (χ2n) is 6.31. The molecule has 2 N–H and O–H groups in total. The molecule has 1 heterocycles. The van der Waals surface area contributed by atoms with E-state index in [2.05, 4.69) is 0 Å². The van der Waals surface area contributed by atoms with Gasteiger partial charge in [0.25, 0.3) is 5.91 Å². The molecular formula is C21H22ClN3O4S. The minimum absolute atomic E-state index is 0. The fourth-order valence-electron chi connectivity index (χ4n) is 2.83. The summed E-state index contributed by atoms with van der Waals surface area (Å²) in [5.41, 5.74) is 6.54. The second kappa shape index (κ2) is 11.3. The topological polar surface area (TPSA) is 98.7 Å². The number of nitrogens with two attached hydrogens (primary N) is 1. The van der Waals surface area contributed by atoms with Crippen LogP contribution in [-0.2, 0) is 13.2 Å². The summed E-state index contributed by atoms with van der Waals surface area (Å²) < 4.78 is 5.63. The Morgan fingerprint density at radius 2 is 1.90 bits per heavy atom. The molecule has 3 aromatic rings. The van der Waals surface area contributed by atoms with Crippen LogP contribution >= 0.6 is 23.7 Å². The minimum atomic E-state index is -0.538. The van der Waals surface area contributed by atoms with Gasteiger partial charge < -0.3 is 15.4 Å². The minimum Gasteiger partial charge on any atom is -0.482 e. The van der Waals surface area contributed by atoms with E-state index >= 15 is 0 Å². The maximum absolute atomic E-state index is 12.9. The zero-order chi connectivity index (χ0) is 20.6. The van der Waals surface area contributed by atoms with Gasteiger partial charge in [-0.1, -0.05) is 36.4 Å². The highest BCUT2D eigenvalue weighted by molar-refractivity contribution is 7.09. The first kappa shape index (κ1) is 23.3. The predicted octanol–water partition coefficient (Wildman–Crippen LogP) is 4.26. The van der Waals surface area contributed by atoms with Crippen molar-refractivity contribution in [1.29, 1.82) is 0 Å². The largest absolute Gasteiger partial charge is 0.482 e. The molecule has 9 heteroatoms. The molecular weight excluding hydrogens is 426 g/mol. The van der Waals surface area contributed by atoms with Gasteiger partial charge in [-0.3, -0.25) is 14.9 Å². The highest BCUT2D eigenvalue weighted by Gasteiger charge is 2.22. The molecule has 0 aliphatic heterocycles. The van der Waals surface area contributed by atoms with Crippen LogP contribution in [0.3, 0.4) is 0 Å². The van der Waals surface area contributed by atoms with Gasteiger partial charge in [0.1, 0.15) is 6.61 Å². The van der Waals surface area contributed by atoms with Crippen LogP contribution in [0.1, 0.15) is 20.8 Å².